The lowest BCUT2D eigenvalue weighted by molar-refractivity contribution is -0.0445. The van der Waals surface area contributed by atoms with E-state index in [0.717, 1.165) is 27.2 Å². The van der Waals surface area contributed by atoms with Gasteiger partial charge in [-0.3, -0.25) is 4.68 Å². The van der Waals surface area contributed by atoms with Gasteiger partial charge in [0.2, 0.25) is 5.92 Å². The van der Waals surface area contributed by atoms with Crippen LogP contribution in [0, 0.1) is 6.92 Å². The van der Waals surface area contributed by atoms with Gasteiger partial charge in [0.05, 0.1) is 11.7 Å². The zero-order chi connectivity index (χ0) is 14.5. The maximum absolute atomic E-state index is 13.2. The number of nitrogens with zero attached hydrogens (tertiary/aromatic N) is 2. The summed E-state index contributed by atoms with van der Waals surface area (Å²) in [7, 11) is 0. The minimum absolute atomic E-state index is 0.0638. The Morgan fingerprint density at radius 2 is 2.15 bits per heavy atom. The van der Waals surface area contributed by atoms with Gasteiger partial charge < -0.3 is 5.11 Å². The van der Waals surface area contributed by atoms with Crippen molar-refractivity contribution in [3.05, 3.63) is 16.6 Å². The van der Waals surface area contributed by atoms with E-state index >= 15 is 0 Å². The molecule has 4 nitrogen and oxygen atoms in total. The van der Waals surface area contributed by atoms with Crippen LogP contribution in [-0.2, 0) is 0 Å². The second-order valence-corrected chi connectivity index (χ2v) is 6.28. The smallest absolute Gasteiger partial charge is 0.345 e. The van der Waals surface area contributed by atoms with Crippen molar-refractivity contribution in [2.75, 3.05) is 0 Å². The van der Waals surface area contributed by atoms with E-state index in [4.69, 9.17) is 5.11 Å². The number of fused-ring (bicyclic) bond motifs is 1. The Labute approximate surface area is 118 Å². The number of carboxylic acid groups (broad SMARTS) is 1. The van der Waals surface area contributed by atoms with Crippen LogP contribution in [0.15, 0.2) is 6.07 Å². The Balaban J connectivity index is 1.97. The number of carbonyl (C=O) groups is 1. The van der Waals surface area contributed by atoms with Gasteiger partial charge in [-0.15, -0.1) is 11.3 Å². The number of halogens is 2. The molecule has 2 heterocycles. The number of aromatic carboxylic acids is 1. The largest absolute Gasteiger partial charge is 0.477 e. The Morgan fingerprint density at radius 1 is 1.50 bits per heavy atom. The number of hydrogen-bond donors (Lipinski definition) is 1. The van der Waals surface area contributed by atoms with Gasteiger partial charge in [-0.05, 0) is 25.8 Å². The SMILES string of the molecule is Cc1nn(C2CCC(F)(F)CC2)c2sc(C(=O)O)cc12. The van der Waals surface area contributed by atoms with E-state index in [2.05, 4.69) is 5.10 Å². The molecule has 3 rings (SSSR count). The molecule has 20 heavy (non-hydrogen) atoms. The molecule has 1 saturated carbocycles. The molecule has 1 aliphatic carbocycles. The minimum Gasteiger partial charge on any atom is -0.477 e. The highest BCUT2D eigenvalue weighted by Crippen LogP contribution is 2.40. The van der Waals surface area contributed by atoms with E-state index in [0.29, 0.717) is 12.8 Å². The van der Waals surface area contributed by atoms with Crippen LogP contribution >= 0.6 is 11.3 Å². The summed E-state index contributed by atoms with van der Waals surface area (Å²) in [5.74, 6) is -3.54. The molecule has 0 radical (unpaired) electrons. The van der Waals surface area contributed by atoms with Crippen molar-refractivity contribution in [3.8, 4) is 0 Å². The van der Waals surface area contributed by atoms with Crippen molar-refractivity contribution < 1.29 is 18.7 Å². The summed E-state index contributed by atoms with van der Waals surface area (Å²) < 4.78 is 28.2. The van der Waals surface area contributed by atoms with Crippen molar-refractivity contribution in [1.29, 1.82) is 0 Å². The fraction of sp³-hybridized carbons (Fsp3) is 0.538. The molecule has 0 unspecified atom stereocenters. The summed E-state index contributed by atoms with van der Waals surface area (Å²) in [6.07, 6.45) is 0.498. The molecule has 0 saturated heterocycles. The van der Waals surface area contributed by atoms with E-state index < -0.39 is 11.9 Å². The first-order chi connectivity index (χ1) is 9.37. The van der Waals surface area contributed by atoms with Gasteiger partial charge >= 0.3 is 5.97 Å². The standard InChI is InChI=1S/C13H14F2N2O2S/c1-7-9-6-10(12(18)19)20-11(9)17(16-7)8-2-4-13(14,15)5-3-8/h6,8H,2-5H2,1H3,(H,18,19). The zero-order valence-corrected chi connectivity index (χ0v) is 11.7. The predicted octanol–water partition coefficient (Wildman–Crippen LogP) is 3.85. The summed E-state index contributed by atoms with van der Waals surface area (Å²) in [6.45, 7) is 1.81. The van der Waals surface area contributed by atoms with Gasteiger partial charge in [-0.25, -0.2) is 13.6 Å². The van der Waals surface area contributed by atoms with E-state index in [1.54, 1.807) is 10.7 Å². The zero-order valence-electron chi connectivity index (χ0n) is 10.9. The minimum atomic E-state index is -2.57. The van der Waals surface area contributed by atoms with E-state index in [1.165, 1.54) is 0 Å². The molecule has 0 atom stereocenters. The van der Waals surface area contributed by atoms with Crippen LogP contribution in [0.2, 0.25) is 0 Å². The van der Waals surface area contributed by atoms with Crippen molar-refractivity contribution in [2.45, 2.75) is 44.6 Å². The van der Waals surface area contributed by atoms with Crippen LogP contribution in [0.3, 0.4) is 0 Å². The number of rotatable bonds is 2. The number of aryl methyl sites for hydroxylation is 1. The first-order valence-corrected chi connectivity index (χ1v) is 7.29. The topological polar surface area (TPSA) is 55.1 Å². The molecule has 2 aromatic rings. The number of carboxylic acids is 1. The third kappa shape index (κ3) is 2.19. The van der Waals surface area contributed by atoms with Crippen molar-refractivity contribution >= 4 is 27.5 Å². The van der Waals surface area contributed by atoms with E-state index in [-0.39, 0.29) is 23.8 Å². The highest BCUT2D eigenvalue weighted by molar-refractivity contribution is 7.20. The third-order valence-corrected chi connectivity index (χ3v) is 4.92. The maximum Gasteiger partial charge on any atom is 0.345 e. The highest BCUT2D eigenvalue weighted by Gasteiger charge is 2.36. The van der Waals surface area contributed by atoms with E-state index in [9.17, 15) is 13.6 Å². The molecular weight excluding hydrogens is 286 g/mol. The second-order valence-electron chi connectivity index (χ2n) is 5.25. The van der Waals surface area contributed by atoms with Crippen LogP contribution in [0.4, 0.5) is 8.78 Å². The number of hydrogen-bond acceptors (Lipinski definition) is 3. The van der Waals surface area contributed by atoms with Gasteiger partial charge in [-0.2, -0.15) is 5.10 Å². The maximum atomic E-state index is 13.2. The van der Waals surface area contributed by atoms with E-state index in [1.807, 2.05) is 6.92 Å². The molecule has 0 spiro atoms. The first-order valence-electron chi connectivity index (χ1n) is 6.47. The van der Waals surface area contributed by atoms with Crippen LogP contribution in [0.25, 0.3) is 10.2 Å². The van der Waals surface area contributed by atoms with Crippen LogP contribution in [0.5, 0.6) is 0 Å². The van der Waals surface area contributed by atoms with Crippen molar-refractivity contribution in [1.82, 2.24) is 9.78 Å². The molecule has 0 aliphatic heterocycles. The van der Waals surface area contributed by atoms with Crippen molar-refractivity contribution in [3.63, 3.8) is 0 Å². The number of thiophene rings is 1. The molecule has 0 amide bonds. The second kappa shape index (κ2) is 4.51. The molecule has 7 heteroatoms. The van der Waals surface area contributed by atoms with Crippen molar-refractivity contribution in [2.24, 2.45) is 0 Å². The molecule has 0 bridgehead atoms. The summed E-state index contributed by atoms with van der Waals surface area (Å²) in [5, 5.41) is 14.3. The molecule has 1 aliphatic rings. The van der Waals surface area contributed by atoms with Gasteiger partial charge in [0.15, 0.2) is 0 Å². The van der Waals surface area contributed by atoms with Gasteiger partial charge in [0.25, 0.3) is 0 Å². The normalized spacial score (nSPS) is 19.6. The van der Waals surface area contributed by atoms with Gasteiger partial charge in [0, 0.05) is 18.2 Å². The molecule has 1 fully saturated rings. The summed E-state index contributed by atoms with van der Waals surface area (Å²) >= 11 is 1.16. The Morgan fingerprint density at radius 3 is 2.75 bits per heavy atom. The van der Waals surface area contributed by atoms with Crippen LogP contribution in [-0.4, -0.2) is 26.8 Å². The predicted molar refractivity (Wildman–Crippen MR) is 71.8 cm³/mol. The lowest BCUT2D eigenvalue weighted by Crippen LogP contribution is -2.26. The summed E-state index contributed by atoms with van der Waals surface area (Å²) in [4.78, 5) is 12.1. The molecule has 108 valence electrons. The first kappa shape index (κ1) is 13.5. The average Bonchev–Trinajstić information content (AvgIpc) is 2.91. The highest BCUT2D eigenvalue weighted by atomic mass is 32.1. The van der Waals surface area contributed by atoms with Gasteiger partial charge in [-0.1, -0.05) is 0 Å². The average molecular weight is 300 g/mol. The summed E-state index contributed by atoms with van der Waals surface area (Å²) in [5.41, 5.74) is 0.751. The molecule has 0 aromatic carbocycles. The number of alkyl halides is 2. The molecular formula is C13H14F2N2O2S. The Hall–Kier alpha value is -1.50. The fourth-order valence-corrected chi connectivity index (χ4v) is 3.77. The number of aromatic nitrogens is 2. The summed E-state index contributed by atoms with van der Waals surface area (Å²) in [6, 6.07) is 1.55. The third-order valence-electron chi connectivity index (χ3n) is 3.81. The van der Waals surface area contributed by atoms with Crippen LogP contribution < -0.4 is 0 Å². The lowest BCUT2D eigenvalue weighted by atomic mass is 9.92. The Kier molecular flexibility index (Phi) is 3.04. The van der Waals surface area contributed by atoms with Gasteiger partial charge in [0.1, 0.15) is 9.71 Å². The quantitative estimate of drug-likeness (QED) is 0.916. The monoisotopic (exact) mass is 300 g/mol. The lowest BCUT2D eigenvalue weighted by Gasteiger charge is -2.28. The van der Waals surface area contributed by atoms with Crippen LogP contribution in [0.1, 0.15) is 47.1 Å². The molecule has 1 N–H and O–H groups in total. The Bertz CT molecular complexity index is 667. The fourth-order valence-electron chi connectivity index (χ4n) is 2.69. The molecule has 2 aromatic heterocycles.